The number of carbonyl (C=O) groups excluding carboxylic acids is 2. The average molecular weight is 452 g/mol. The second-order valence-corrected chi connectivity index (χ2v) is 9.13. The van der Waals surface area contributed by atoms with Crippen LogP contribution in [0.4, 0.5) is 4.39 Å². The quantitative estimate of drug-likeness (QED) is 0.359. The van der Waals surface area contributed by atoms with Crippen LogP contribution in [0.2, 0.25) is 0 Å². The second kappa shape index (κ2) is 9.38. The summed E-state index contributed by atoms with van der Waals surface area (Å²) in [5.41, 5.74) is 1.44. The van der Waals surface area contributed by atoms with Gasteiger partial charge in [-0.3, -0.25) is 9.59 Å². The number of rotatable bonds is 5. The van der Waals surface area contributed by atoms with Gasteiger partial charge in [-0.1, -0.05) is 51.3 Å². The number of hydrogen-bond acceptors (Lipinski definition) is 4. The van der Waals surface area contributed by atoms with Crippen molar-refractivity contribution in [2.75, 3.05) is 7.11 Å². The van der Waals surface area contributed by atoms with E-state index in [1.165, 1.54) is 11.0 Å². The topological polar surface area (TPSA) is 66.8 Å². The fraction of sp³-hybridized carbons (Fsp3) is 0.407. The van der Waals surface area contributed by atoms with Gasteiger partial charge >= 0.3 is 0 Å². The molecule has 1 N–H and O–H groups in total. The Labute approximate surface area is 193 Å². The molecule has 2 fully saturated rings. The highest BCUT2D eigenvalue weighted by Gasteiger charge is 2.49. The SMILES string of the molecule is COc1ccc(/C(O)=C2\C(=O)C(=O)N(C3CCCCC3)C2c2ccccc2F)cc1C(C)C. The molecule has 2 aromatic rings. The number of ketones is 1. The molecule has 33 heavy (non-hydrogen) atoms. The fourth-order valence-corrected chi connectivity index (χ4v) is 5.08. The summed E-state index contributed by atoms with van der Waals surface area (Å²) in [4.78, 5) is 28.0. The smallest absolute Gasteiger partial charge is 0.295 e. The average Bonchev–Trinajstić information content (AvgIpc) is 3.09. The van der Waals surface area contributed by atoms with Gasteiger partial charge in [0.1, 0.15) is 17.3 Å². The molecule has 1 aliphatic heterocycles. The van der Waals surface area contributed by atoms with Crippen LogP contribution < -0.4 is 4.74 Å². The number of amides is 1. The first-order valence-corrected chi connectivity index (χ1v) is 11.6. The number of carbonyl (C=O) groups is 2. The van der Waals surface area contributed by atoms with Gasteiger partial charge in [0.15, 0.2) is 0 Å². The largest absolute Gasteiger partial charge is 0.507 e. The van der Waals surface area contributed by atoms with Gasteiger partial charge in [-0.25, -0.2) is 4.39 Å². The predicted molar refractivity (Wildman–Crippen MR) is 124 cm³/mol. The van der Waals surface area contributed by atoms with Crippen molar-refractivity contribution in [3.63, 3.8) is 0 Å². The van der Waals surface area contributed by atoms with Gasteiger partial charge in [-0.15, -0.1) is 0 Å². The van der Waals surface area contributed by atoms with Gasteiger partial charge < -0.3 is 14.7 Å². The highest BCUT2D eigenvalue weighted by atomic mass is 19.1. The number of halogens is 1. The molecule has 5 nitrogen and oxygen atoms in total. The number of Topliss-reactive ketones (excluding diaryl/α,β-unsaturated/α-hetero) is 1. The molecule has 0 spiro atoms. The maximum atomic E-state index is 15.0. The number of hydrogen-bond donors (Lipinski definition) is 1. The number of ether oxygens (including phenoxy) is 1. The molecule has 1 atom stereocenters. The normalized spacial score (nSPS) is 21.1. The molecule has 2 aliphatic rings. The summed E-state index contributed by atoms with van der Waals surface area (Å²) in [6.07, 6.45) is 4.51. The Balaban J connectivity index is 1.90. The van der Waals surface area contributed by atoms with E-state index in [2.05, 4.69) is 0 Å². The molecule has 6 heteroatoms. The maximum Gasteiger partial charge on any atom is 0.295 e. The third-order valence-electron chi connectivity index (χ3n) is 6.77. The van der Waals surface area contributed by atoms with Crippen molar-refractivity contribution < 1.29 is 23.8 Å². The molecule has 1 saturated carbocycles. The summed E-state index contributed by atoms with van der Waals surface area (Å²) in [7, 11) is 1.58. The first-order valence-electron chi connectivity index (χ1n) is 11.6. The zero-order chi connectivity index (χ0) is 23.7. The molecule has 1 heterocycles. The Bertz CT molecular complexity index is 1100. The molecule has 1 amide bonds. The van der Waals surface area contributed by atoms with E-state index in [1.54, 1.807) is 43.5 Å². The van der Waals surface area contributed by atoms with Gasteiger partial charge in [0.2, 0.25) is 0 Å². The van der Waals surface area contributed by atoms with Crippen molar-refractivity contribution in [1.82, 2.24) is 4.90 Å². The van der Waals surface area contributed by atoms with E-state index >= 15 is 0 Å². The number of methoxy groups -OCH3 is 1. The van der Waals surface area contributed by atoms with Crippen molar-refractivity contribution in [2.45, 2.75) is 64.0 Å². The predicted octanol–water partition coefficient (Wildman–Crippen LogP) is 5.71. The molecule has 1 saturated heterocycles. The Morgan fingerprint density at radius 2 is 1.79 bits per heavy atom. The van der Waals surface area contributed by atoms with Crippen LogP contribution in [0, 0.1) is 5.82 Å². The maximum absolute atomic E-state index is 15.0. The Hall–Kier alpha value is -3.15. The molecule has 4 rings (SSSR count). The minimum atomic E-state index is -0.959. The highest BCUT2D eigenvalue weighted by Crippen LogP contribution is 2.44. The van der Waals surface area contributed by atoms with Crippen LogP contribution in [0.15, 0.2) is 48.0 Å². The fourth-order valence-electron chi connectivity index (χ4n) is 5.08. The number of aliphatic hydroxyl groups is 1. The third-order valence-corrected chi connectivity index (χ3v) is 6.77. The summed E-state index contributed by atoms with van der Waals surface area (Å²) in [6, 6.07) is 10.2. The second-order valence-electron chi connectivity index (χ2n) is 9.13. The monoisotopic (exact) mass is 451 g/mol. The van der Waals surface area contributed by atoms with Crippen LogP contribution in [-0.2, 0) is 9.59 Å². The molecule has 0 aromatic heterocycles. The van der Waals surface area contributed by atoms with E-state index in [1.807, 2.05) is 13.8 Å². The van der Waals surface area contributed by atoms with E-state index in [0.29, 0.717) is 11.3 Å². The number of benzene rings is 2. The van der Waals surface area contributed by atoms with Crippen molar-refractivity contribution in [2.24, 2.45) is 0 Å². The summed E-state index contributed by atoms with van der Waals surface area (Å²) in [6.45, 7) is 4.01. The molecular weight excluding hydrogens is 421 g/mol. The van der Waals surface area contributed by atoms with Crippen molar-refractivity contribution in [3.05, 3.63) is 70.5 Å². The first-order chi connectivity index (χ1) is 15.8. The highest BCUT2D eigenvalue weighted by molar-refractivity contribution is 6.46. The molecule has 1 unspecified atom stereocenters. The van der Waals surface area contributed by atoms with Crippen LogP contribution >= 0.6 is 0 Å². The minimum absolute atomic E-state index is 0.0597. The zero-order valence-corrected chi connectivity index (χ0v) is 19.3. The lowest BCUT2D eigenvalue weighted by atomic mass is 9.90. The lowest BCUT2D eigenvalue weighted by Gasteiger charge is -2.35. The minimum Gasteiger partial charge on any atom is -0.507 e. The number of likely N-dealkylation sites (tertiary alicyclic amines) is 1. The number of aliphatic hydroxyl groups excluding tert-OH is 1. The van der Waals surface area contributed by atoms with Crippen molar-refractivity contribution in [1.29, 1.82) is 0 Å². The van der Waals surface area contributed by atoms with Crippen molar-refractivity contribution >= 4 is 17.4 Å². The molecule has 0 bridgehead atoms. The summed E-state index contributed by atoms with van der Waals surface area (Å²) in [5.74, 6) is -1.45. The van der Waals surface area contributed by atoms with E-state index in [9.17, 15) is 19.1 Å². The standard InChI is InChI=1S/C27H30FNO4/c1-16(2)20-15-17(13-14-22(20)33-3)25(30)23-24(19-11-7-8-12-21(19)28)29(27(32)26(23)31)18-9-5-4-6-10-18/h7-8,11-16,18,24,30H,4-6,9-10H2,1-3H3/b25-23+. The van der Waals surface area contributed by atoms with E-state index in [0.717, 1.165) is 37.7 Å². The van der Waals surface area contributed by atoms with Crippen LogP contribution in [0.25, 0.3) is 5.76 Å². The summed E-state index contributed by atoms with van der Waals surface area (Å²) >= 11 is 0. The third kappa shape index (κ3) is 4.14. The van der Waals surface area contributed by atoms with Gasteiger partial charge in [-0.05, 0) is 48.6 Å². The Morgan fingerprint density at radius 1 is 1.09 bits per heavy atom. The van der Waals surface area contributed by atoms with Crippen molar-refractivity contribution in [3.8, 4) is 5.75 Å². The molecular formula is C27H30FNO4. The Kier molecular flexibility index (Phi) is 6.54. The van der Waals surface area contributed by atoms with Crippen LogP contribution in [0.5, 0.6) is 5.75 Å². The van der Waals surface area contributed by atoms with E-state index in [-0.39, 0.29) is 28.9 Å². The van der Waals surface area contributed by atoms with Gasteiger partial charge in [0.05, 0.1) is 18.7 Å². The van der Waals surface area contributed by atoms with Gasteiger partial charge in [0.25, 0.3) is 11.7 Å². The molecule has 0 radical (unpaired) electrons. The molecule has 2 aromatic carbocycles. The van der Waals surface area contributed by atoms with Crippen LogP contribution in [0.3, 0.4) is 0 Å². The summed E-state index contributed by atoms with van der Waals surface area (Å²) < 4.78 is 20.4. The zero-order valence-electron chi connectivity index (χ0n) is 19.3. The van der Waals surface area contributed by atoms with E-state index in [4.69, 9.17) is 4.74 Å². The lowest BCUT2D eigenvalue weighted by Crippen LogP contribution is -2.40. The van der Waals surface area contributed by atoms with Crippen LogP contribution in [-0.4, -0.2) is 34.8 Å². The van der Waals surface area contributed by atoms with Crippen LogP contribution in [0.1, 0.15) is 74.6 Å². The molecule has 1 aliphatic carbocycles. The van der Waals surface area contributed by atoms with E-state index < -0.39 is 23.5 Å². The first kappa shape index (κ1) is 23.0. The van der Waals surface area contributed by atoms with Gasteiger partial charge in [0, 0.05) is 17.2 Å². The lowest BCUT2D eigenvalue weighted by molar-refractivity contribution is -0.141. The molecule has 174 valence electrons. The van der Waals surface area contributed by atoms with Gasteiger partial charge in [-0.2, -0.15) is 0 Å². The summed E-state index contributed by atoms with van der Waals surface area (Å²) in [5, 5.41) is 11.3. The number of nitrogens with zero attached hydrogens (tertiary/aromatic N) is 1. The Morgan fingerprint density at radius 3 is 2.42 bits per heavy atom.